The van der Waals surface area contributed by atoms with Crippen molar-refractivity contribution in [1.82, 2.24) is 19.4 Å². The van der Waals surface area contributed by atoms with Crippen molar-refractivity contribution >= 4 is 38.8 Å². The van der Waals surface area contributed by atoms with Crippen LogP contribution < -0.4 is 10.2 Å². The average Bonchev–Trinajstić information content (AvgIpc) is 3.01. The normalized spacial score (nSPS) is 16.8. The molecule has 4 heterocycles. The van der Waals surface area contributed by atoms with Gasteiger partial charge >= 0.3 is 0 Å². The summed E-state index contributed by atoms with van der Waals surface area (Å²) in [6.45, 7) is 3.37. The van der Waals surface area contributed by atoms with E-state index in [0.717, 1.165) is 16.1 Å². The molecule has 1 fully saturated rings. The van der Waals surface area contributed by atoms with Crippen LogP contribution in [0.1, 0.15) is 22.0 Å². The van der Waals surface area contributed by atoms with Gasteiger partial charge < -0.3 is 4.90 Å². The molecule has 0 radical (unpaired) electrons. The molecule has 0 saturated carbocycles. The lowest BCUT2D eigenvalue weighted by molar-refractivity contribution is -0.910. The number of halogens is 1. The number of quaternary nitrogens is 1. The largest absolute Gasteiger partial charge is 0.328 e. The molecule has 1 amide bonds. The first-order chi connectivity index (χ1) is 13.8. The Morgan fingerprint density at radius 2 is 2.00 bits per heavy atom. The third-order valence-electron chi connectivity index (χ3n) is 4.83. The Morgan fingerprint density at radius 3 is 2.72 bits per heavy atom. The predicted molar refractivity (Wildman–Crippen MR) is 108 cm³/mol. The number of aromatic nitrogens is 4. The van der Waals surface area contributed by atoms with Crippen molar-refractivity contribution in [2.24, 2.45) is 0 Å². The number of pyridine rings is 1. The van der Waals surface area contributed by atoms with Crippen molar-refractivity contribution in [2.75, 3.05) is 29.9 Å². The quantitative estimate of drug-likeness (QED) is 0.564. The maximum Gasteiger partial charge on any atom is 0.294 e. The molecule has 1 aliphatic rings. The Bertz CT molecular complexity index is 1160. The second-order valence-corrected chi connectivity index (χ2v) is 9.72. The summed E-state index contributed by atoms with van der Waals surface area (Å²) in [4.78, 5) is 26.7. The molecule has 3 aromatic rings. The summed E-state index contributed by atoms with van der Waals surface area (Å²) in [6.07, 6.45) is 1.76. The molecule has 152 valence electrons. The minimum atomic E-state index is -2.94. The van der Waals surface area contributed by atoms with Crippen LogP contribution in [-0.4, -0.2) is 58.3 Å². The van der Waals surface area contributed by atoms with Crippen LogP contribution in [0.3, 0.4) is 0 Å². The highest BCUT2D eigenvalue weighted by Gasteiger charge is 2.27. The monoisotopic (exact) mass is 435 g/mol. The number of aryl methyl sites for hydroxylation is 1. The first-order valence-electron chi connectivity index (χ1n) is 9.13. The van der Waals surface area contributed by atoms with Crippen LogP contribution in [-0.2, 0) is 16.4 Å². The lowest BCUT2D eigenvalue weighted by atomic mass is 10.3. The summed E-state index contributed by atoms with van der Waals surface area (Å²) < 4.78 is 25.0. The minimum Gasteiger partial charge on any atom is -0.328 e. The second-order valence-electron chi connectivity index (χ2n) is 7.03. The highest BCUT2D eigenvalue weighted by atomic mass is 35.5. The van der Waals surface area contributed by atoms with E-state index < -0.39 is 15.7 Å². The van der Waals surface area contributed by atoms with Crippen molar-refractivity contribution < 1.29 is 18.1 Å². The van der Waals surface area contributed by atoms with Crippen molar-refractivity contribution in [2.45, 2.75) is 13.5 Å². The SMILES string of the molecule is Cc1cc(Cl)nc(NC(=O)c2nc(C[NH+]3CCS(=O)(=O)CC3)c3ccccn23)n1. The first kappa shape index (κ1) is 19.7. The van der Waals surface area contributed by atoms with Gasteiger partial charge in [-0.25, -0.2) is 23.4 Å². The number of amides is 1. The molecule has 11 heteroatoms. The maximum absolute atomic E-state index is 12.8. The molecular formula is C18H20ClN6O3S+. The number of anilines is 1. The minimum absolute atomic E-state index is 0.112. The van der Waals surface area contributed by atoms with E-state index in [1.54, 1.807) is 23.6 Å². The Kier molecular flexibility index (Phi) is 5.24. The lowest BCUT2D eigenvalue weighted by Crippen LogP contribution is -3.13. The molecule has 1 saturated heterocycles. The van der Waals surface area contributed by atoms with Gasteiger partial charge in [0, 0.05) is 11.9 Å². The lowest BCUT2D eigenvalue weighted by Gasteiger charge is -2.22. The molecule has 0 atom stereocenters. The molecule has 3 aromatic heterocycles. The van der Waals surface area contributed by atoms with Gasteiger partial charge in [0.15, 0.2) is 9.84 Å². The molecule has 0 spiro atoms. The van der Waals surface area contributed by atoms with Crippen LogP contribution in [0, 0.1) is 6.92 Å². The summed E-state index contributed by atoms with van der Waals surface area (Å²) >= 11 is 5.94. The zero-order chi connectivity index (χ0) is 20.6. The smallest absolute Gasteiger partial charge is 0.294 e. The van der Waals surface area contributed by atoms with Crippen molar-refractivity contribution in [3.63, 3.8) is 0 Å². The zero-order valence-electron chi connectivity index (χ0n) is 15.7. The molecule has 0 bridgehead atoms. The van der Waals surface area contributed by atoms with Gasteiger partial charge in [0.2, 0.25) is 11.8 Å². The number of imidazole rings is 1. The van der Waals surface area contributed by atoms with Gasteiger partial charge in [0.25, 0.3) is 5.91 Å². The zero-order valence-corrected chi connectivity index (χ0v) is 17.3. The first-order valence-corrected chi connectivity index (χ1v) is 11.3. The average molecular weight is 436 g/mol. The van der Waals surface area contributed by atoms with Gasteiger partial charge in [-0.3, -0.25) is 14.5 Å². The third-order valence-corrected chi connectivity index (χ3v) is 6.67. The molecular weight excluding hydrogens is 416 g/mol. The Balaban J connectivity index is 1.61. The van der Waals surface area contributed by atoms with E-state index in [9.17, 15) is 13.2 Å². The van der Waals surface area contributed by atoms with Gasteiger partial charge in [0.05, 0.1) is 30.1 Å². The predicted octanol–water partition coefficient (Wildman–Crippen LogP) is 0.152. The molecule has 0 unspecified atom stereocenters. The fraction of sp³-hybridized carbons (Fsp3) is 0.333. The maximum atomic E-state index is 12.8. The molecule has 2 N–H and O–H groups in total. The fourth-order valence-electron chi connectivity index (χ4n) is 3.38. The molecule has 0 aromatic carbocycles. The number of hydrogen-bond acceptors (Lipinski definition) is 6. The molecule has 9 nitrogen and oxygen atoms in total. The van der Waals surface area contributed by atoms with Crippen molar-refractivity contribution in [3.8, 4) is 0 Å². The summed E-state index contributed by atoms with van der Waals surface area (Å²) in [7, 11) is -2.94. The Labute approximate surface area is 172 Å². The highest BCUT2D eigenvalue weighted by molar-refractivity contribution is 7.91. The second kappa shape index (κ2) is 7.69. The van der Waals surface area contributed by atoms with Gasteiger partial charge in [-0.05, 0) is 25.1 Å². The Morgan fingerprint density at radius 1 is 1.24 bits per heavy atom. The number of carbonyl (C=O) groups is 1. The summed E-state index contributed by atoms with van der Waals surface area (Å²) in [5, 5.41) is 2.89. The van der Waals surface area contributed by atoms with Gasteiger partial charge in [-0.2, -0.15) is 0 Å². The molecule has 4 rings (SSSR count). The summed E-state index contributed by atoms with van der Waals surface area (Å²) in [6, 6.07) is 7.18. The molecule has 1 aliphatic heterocycles. The number of fused-ring (bicyclic) bond motifs is 1. The van der Waals surface area contributed by atoms with E-state index in [1.807, 2.05) is 18.2 Å². The molecule has 0 aliphatic carbocycles. The van der Waals surface area contributed by atoms with E-state index in [-0.39, 0.29) is 28.4 Å². The number of carbonyl (C=O) groups excluding carboxylic acids is 1. The molecule has 29 heavy (non-hydrogen) atoms. The van der Waals surface area contributed by atoms with Crippen LogP contribution in [0.2, 0.25) is 5.15 Å². The number of hydrogen-bond donors (Lipinski definition) is 2. The Hall–Kier alpha value is -2.56. The fourth-order valence-corrected chi connectivity index (χ4v) is 5.02. The van der Waals surface area contributed by atoms with E-state index in [0.29, 0.717) is 25.3 Å². The number of sulfone groups is 1. The summed E-state index contributed by atoms with van der Waals surface area (Å²) in [5.41, 5.74) is 2.19. The third kappa shape index (κ3) is 4.39. The van der Waals surface area contributed by atoms with Crippen molar-refractivity contribution in [3.05, 3.63) is 52.8 Å². The van der Waals surface area contributed by atoms with E-state index >= 15 is 0 Å². The van der Waals surface area contributed by atoms with Crippen LogP contribution >= 0.6 is 11.6 Å². The van der Waals surface area contributed by atoms with Gasteiger partial charge in [0.1, 0.15) is 17.4 Å². The standard InChI is InChI=1S/C18H19ClN6O3S/c1-12-10-15(19)22-18(20-12)23-17(26)16-21-13(14-4-2-3-5-25(14)16)11-24-6-8-29(27,28)9-7-24/h2-5,10H,6-9,11H2,1H3,(H,20,22,23,26)/p+1. The topological polar surface area (TPSA) is 111 Å². The van der Waals surface area contributed by atoms with Crippen LogP contribution in [0.5, 0.6) is 0 Å². The van der Waals surface area contributed by atoms with E-state index in [4.69, 9.17) is 11.6 Å². The summed E-state index contributed by atoms with van der Waals surface area (Å²) in [5.74, 6) is 0.220. The van der Waals surface area contributed by atoms with E-state index in [2.05, 4.69) is 20.3 Å². The number of rotatable bonds is 4. The number of nitrogens with one attached hydrogen (secondary N) is 2. The highest BCUT2D eigenvalue weighted by Crippen LogP contribution is 2.15. The van der Waals surface area contributed by atoms with E-state index in [1.165, 1.54) is 0 Å². The van der Waals surface area contributed by atoms with Crippen LogP contribution in [0.25, 0.3) is 5.52 Å². The van der Waals surface area contributed by atoms with Crippen LogP contribution in [0.4, 0.5) is 5.95 Å². The van der Waals surface area contributed by atoms with Crippen molar-refractivity contribution in [1.29, 1.82) is 0 Å². The number of nitrogens with zero attached hydrogens (tertiary/aromatic N) is 4. The van der Waals surface area contributed by atoms with Crippen LogP contribution in [0.15, 0.2) is 30.5 Å². The van der Waals surface area contributed by atoms with Gasteiger partial charge in [-0.15, -0.1) is 0 Å². The van der Waals surface area contributed by atoms with Gasteiger partial charge in [-0.1, -0.05) is 17.7 Å².